The van der Waals surface area contributed by atoms with Crippen molar-refractivity contribution >= 4 is 11.1 Å². The van der Waals surface area contributed by atoms with Crippen LogP contribution < -0.4 is 5.64 Å². The summed E-state index contributed by atoms with van der Waals surface area (Å²) >= 11 is -1.39. The lowest BCUT2D eigenvalue weighted by Gasteiger charge is -2.34. The van der Waals surface area contributed by atoms with Crippen molar-refractivity contribution in [1.82, 2.24) is 10.7 Å². The van der Waals surface area contributed by atoms with Gasteiger partial charge in [-0.1, -0.05) is 5.64 Å². The van der Waals surface area contributed by atoms with E-state index in [2.05, 4.69) is 4.84 Å². The SMILES string of the molecule is CS(=O)ON1CCC(O)CC1CONO. The van der Waals surface area contributed by atoms with Crippen LogP contribution in [0.3, 0.4) is 0 Å². The first-order valence-corrected chi connectivity index (χ1v) is 6.09. The van der Waals surface area contributed by atoms with Crippen LogP contribution in [0.5, 0.6) is 0 Å². The van der Waals surface area contributed by atoms with Crippen molar-refractivity contribution < 1.29 is 23.6 Å². The van der Waals surface area contributed by atoms with Crippen molar-refractivity contribution in [3.63, 3.8) is 0 Å². The zero-order chi connectivity index (χ0) is 11.3. The summed E-state index contributed by atoms with van der Waals surface area (Å²) in [6, 6.07) is -0.225. The van der Waals surface area contributed by atoms with E-state index in [4.69, 9.17) is 9.49 Å². The summed E-state index contributed by atoms with van der Waals surface area (Å²) in [5.41, 5.74) is 1.56. The smallest absolute Gasteiger partial charge is 0.170 e. The van der Waals surface area contributed by atoms with Crippen molar-refractivity contribution in [3.8, 4) is 0 Å². The molecule has 0 amide bonds. The molecular formula is C7H16N2O5S. The van der Waals surface area contributed by atoms with Gasteiger partial charge in [0.25, 0.3) is 0 Å². The van der Waals surface area contributed by atoms with Gasteiger partial charge in [-0.2, -0.15) is 9.35 Å². The van der Waals surface area contributed by atoms with Crippen molar-refractivity contribution in [3.05, 3.63) is 0 Å². The Bertz CT molecular complexity index is 218. The molecule has 0 aliphatic carbocycles. The van der Waals surface area contributed by atoms with Gasteiger partial charge in [0, 0.05) is 12.8 Å². The quantitative estimate of drug-likeness (QED) is 0.528. The third-order valence-electron chi connectivity index (χ3n) is 2.18. The summed E-state index contributed by atoms with van der Waals surface area (Å²) in [7, 11) is 0. The molecule has 7 nitrogen and oxygen atoms in total. The molecule has 3 unspecified atom stereocenters. The van der Waals surface area contributed by atoms with Gasteiger partial charge in [-0.25, -0.2) is 4.21 Å². The maximum absolute atomic E-state index is 10.9. The lowest BCUT2D eigenvalue weighted by Crippen LogP contribution is -2.47. The number of nitrogens with one attached hydrogen (secondary N) is 1. The van der Waals surface area contributed by atoms with Crippen molar-refractivity contribution in [2.75, 3.05) is 19.4 Å². The van der Waals surface area contributed by atoms with Crippen LogP contribution in [0.15, 0.2) is 0 Å². The Kier molecular flexibility index (Phi) is 5.61. The van der Waals surface area contributed by atoms with Crippen LogP contribution in [-0.4, -0.2) is 51.1 Å². The molecule has 1 aliphatic rings. The van der Waals surface area contributed by atoms with E-state index >= 15 is 0 Å². The van der Waals surface area contributed by atoms with Gasteiger partial charge in [0.15, 0.2) is 11.1 Å². The molecule has 0 bridgehead atoms. The highest BCUT2D eigenvalue weighted by molar-refractivity contribution is 7.79. The number of rotatable bonds is 5. The molecule has 0 aromatic carbocycles. The van der Waals surface area contributed by atoms with E-state index in [9.17, 15) is 9.32 Å². The third-order valence-corrected chi connectivity index (χ3v) is 2.58. The zero-order valence-corrected chi connectivity index (χ0v) is 9.27. The van der Waals surface area contributed by atoms with Crippen LogP contribution in [0.2, 0.25) is 0 Å². The molecule has 15 heavy (non-hydrogen) atoms. The van der Waals surface area contributed by atoms with E-state index in [1.54, 1.807) is 5.64 Å². The summed E-state index contributed by atoms with van der Waals surface area (Å²) in [6.45, 7) is 0.630. The molecule has 1 saturated heterocycles. The fraction of sp³-hybridized carbons (Fsp3) is 1.00. The van der Waals surface area contributed by atoms with Crippen LogP contribution in [0.1, 0.15) is 12.8 Å². The molecule has 1 heterocycles. The molecule has 0 radical (unpaired) electrons. The largest absolute Gasteiger partial charge is 0.393 e. The Hall–Kier alpha value is -0.0900. The van der Waals surface area contributed by atoms with E-state index in [-0.39, 0.29) is 12.6 Å². The van der Waals surface area contributed by atoms with Crippen LogP contribution in [0, 0.1) is 0 Å². The number of piperidine rings is 1. The van der Waals surface area contributed by atoms with Crippen molar-refractivity contribution in [1.29, 1.82) is 0 Å². The van der Waals surface area contributed by atoms with Gasteiger partial charge in [0.1, 0.15) is 0 Å². The van der Waals surface area contributed by atoms with E-state index in [0.29, 0.717) is 19.4 Å². The van der Waals surface area contributed by atoms with Gasteiger partial charge < -0.3 is 5.11 Å². The second-order valence-electron chi connectivity index (χ2n) is 3.35. The molecule has 1 rings (SSSR count). The van der Waals surface area contributed by atoms with Crippen molar-refractivity contribution in [2.45, 2.75) is 25.0 Å². The number of aliphatic hydroxyl groups is 1. The number of hydrogen-bond acceptors (Lipinski definition) is 7. The van der Waals surface area contributed by atoms with Crippen LogP contribution in [0.25, 0.3) is 0 Å². The maximum Gasteiger partial charge on any atom is 0.170 e. The van der Waals surface area contributed by atoms with Crippen molar-refractivity contribution in [2.24, 2.45) is 0 Å². The Morgan fingerprint density at radius 3 is 3.00 bits per heavy atom. The molecule has 3 atom stereocenters. The van der Waals surface area contributed by atoms with Crippen LogP contribution in [0.4, 0.5) is 0 Å². The highest BCUT2D eigenvalue weighted by atomic mass is 32.2. The maximum atomic E-state index is 10.9. The molecule has 1 aliphatic heterocycles. The summed E-state index contributed by atoms with van der Waals surface area (Å²) in [5.74, 6) is 0. The summed E-state index contributed by atoms with van der Waals surface area (Å²) in [4.78, 5) is 4.61. The normalized spacial score (nSPS) is 30.3. The van der Waals surface area contributed by atoms with Gasteiger partial charge in [-0.15, -0.1) is 0 Å². The standard InChI is InChI=1S/C7H16N2O5S/c1-15(12)14-9-3-2-7(10)4-6(9)5-13-8-11/h6-8,10-11H,2-5H2,1H3. The fourth-order valence-electron chi connectivity index (χ4n) is 1.53. The molecule has 90 valence electrons. The van der Waals surface area contributed by atoms with Gasteiger partial charge in [0.2, 0.25) is 0 Å². The lowest BCUT2D eigenvalue weighted by atomic mass is 10.0. The first-order valence-electron chi connectivity index (χ1n) is 4.61. The van der Waals surface area contributed by atoms with Gasteiger partial charge in [-0.05, 0) is 12.8 Å². The fourth-order valence-corrected chi connectivity index (χ4v) is 1.99. The Labute approximate surface area is 90.5 Å². The Balaban J connectivity index is 2.45. The van der Waals surface area contributed by atoms with Crippen LogP contribution >= 0.6 is 0 Å². The summed E-state index contributed by atoms with van der Waals surface area (Å²) in [6.07, 6.45) is 2.04. The highest BCUT2D eigenvalue weighted by Crippen LogP contribution is 2.18. The average Bonchev–Trinajstić information content (AvgIpc) is 2.18. The third kappa shape index (κ3) is 4.51. The van der Waals surface area contributed by atoms with E-state index in [1.165, 1.54) is 11.3 Å². The number of hydroxylamine groups is 2. The van der Waals surface area contributed by atoms with E-state index in [0.717, 1.165) is 0 Å². The molecule has 0 spiro atoms. The molecule has 0 saturated carbocycles. The minimum absolute atomic E-state index is 0.144. The van der Waals surface area contributed by atoms with Gasteiger partial charge >= 0.3 is 0 Å². The number of nitrogens with zero attached hydrogens (tertiary/aromatic N) is 1. The lowest BCUT2D eigenvalue weighted by molar-refractivity contribution is -0.186. The Morgan fingerprint density at radius 2 is 2.40 bits per heavy atom. The van der Waals surface area contributed by atoms with E-state index < -0.39 is 17.2 Å². The molecule has 3 N–H and O–H groups in total. The van der Waals surface area contributed by atoms with E-state index in [1.807, 2.05) is 0 Å². The monoisotopic (exact) mass is 240 g/mol. The summed E-state index contributed by atoms with van der Waals surface area (Å²) in [5, 5.41) is 19.2. The van der Waals surface area contributed by atoms with Gasteiger partial charge in [-0.3, -0.25) is 10.0 Å². The molecule has 8 heteroatoms. The second kappa shape index (κ2) is 6.48. The highest BCUT2D eigenvalue weighted by Gasteiger charge is 2.29. The topological polar surface area (TPSA) is 91.3 Å². The predicted octanol–water partition coefficient (Wildman–Crippen LogP) is -1.05. The first kappa shape index (κ1) is 13.0. The summed E-state index contributed by atoms with van der Waals surface area (Å²) < 4.78 is 15.9. The first-order chi connectivity index (χ1) is 7.13. The number of aliphatic hydroxyl groups excluding tert-OH is 1. The number of hydrogen-bond donors (Lipinski definition) is 3. The molecule has 0 aromatic heterocycles. The van der Waals surface area contributed by atoms with Gasteiger partial charge in [0.05, 0.1) is 18.8 Å². The second-order valence-corrected chi connectivity index (χ2v) is 4.30. The predicted molar refractivity (Wildman–Crippen MR) is 51.8 cm³/mol. The van der Waals surface area contributed by atoms with Crippen LogP contribution in [-0.2, 0) is 20.2 Å². The molecule has 0 aromatic rings. The zero-order valence-electron chi connectivity index (χ0n) is 8.46. The minimum atomic E-state index is -1.39. The molecule has 1 fully saturated rings. The minimum Gasteiger partial charge on any atom is -0.393 e. The molecular weight excluding hydrogens is 224 g/mol. The Morgan fingerprint density at radius 1 is 1.67 bits per heavy atom. The average molecular weight is 240 g/mol.